The average Bonchev–Trinajstić information content (AvgIpc) is 3.28. The van der Waals surface area contributed by atoms with E-state index in [1.165, 1.54) is 18.4 Å². The first-order valence-corrected chi connectivity index (χ1v) is 8.19. The number of carbonyl (C=O) groups excluding carboxylic acids is 1. The van der Waals surface area contributed by atoms with Crippen molar-refractivity contribution in [2.24, 2.45) is 5.92 Å². The third-order valence-electron chi connectivity index (χ3n) is 4.82. The van der Waals surface area contributed by atoms with Crippen molar-refractivity contribution >= 4 is 5.91 Å². The van der Waals surface area contributed by atoms with Crippen LogP contribution in [0.1, 0.15) is 43.7 Å². The zero-order chi connectivity index (χ0) is 14.9. The summed E-state index contributed by atoms with van der Waals surface area (Å²) in [5.41, 5.74) is 1.85. The fourth-order valence-corrected chi connectivity index (χ4v) is 3.16. The van der Waals surface area contributed by atoms with E-state index >= 15 is 0 Å². The summed E-state index contributed by atoms with van der Waals surface area (Å²) in [5, 5.41) is 10.3. The monoisotopic (exact) mass is 287 g/mol. The van der Waals surface area contributed by atoms with E-state index in [9.17, 15) is 9.90 Å². The van der Waals surface area contributed by atoms with Crippen molar-refractivity contribution in [1.82, 2.24) is 4.90 Å². The molecule has 1 aromatic rings. The highest BCUT2D eigenvalue weighted by molar-refractivity contribution is 5.80. The number of nitrogens with zero attached hydrogens (tertiary/aromatic N) is 1. The second-order valence-electron chi connectivity index (χ2n) is 6.72. The van der Waals surface area contributed by atoms with E-state index < -0.39 is 5.60 Å². The van der Waals surface area contributed by atoms with E-state index in [2.05, 4.69) is 31.2 Å². The maximum Gasteiger partial charge on any atom is 0.227 e. The Morgan fingerprint density at radius 3 is 2.43 bits per heavy atom. The number of benzene rings is 1. The molecular formula is C18H25NO2. The summed E-state index contributed by atoms with van der Waals surface area (Å²) in [7, 11) is 0. The molecule has 1 N–H and O–H groups in total. The molecule has 0 atom stereocenters. The summed E-state index contributed by atoms with van der Waals surface area (Å²) in [4.78, 5) is 14.0. The quantitative estimate of drug-likeness (QED) is 0.873. The van der Waals surface area contributed by atoms with E-state index in [4.69, 9.17) is 0 Å². The van der Waals surface area contributed by atoms with Gasteiger partial charge in [0.1, 0.15) is 5.60 Å². The van der Waals surface area contributed by atoms with E-state index in [-0.39, 0.29) is 5.91 Å². The van der Waals surface area contributed by atoms with E-state index in [1.807, 2.05) is 0 Å². The second-order valence-corrected chi connectivity index (χ2v) is 6.72. The number of aryl methyl sites for hydroxylation is 1. The number of unbranched alkanes of at least 4 members (excludes halogenated alkanes) is 1. The van der Waals surface area contributed by atoms with Crippen LogP contribution in [0.25, 0.3) is 0 Å². The molecule has 1 heterocycles. The Bertz CT molecular complexity index is 498. The van der Waals surface area contributed by atoms with Gasteiger partial charge in [0.15, 0.2) is 0 Å². The minimum atomic E-state index is -0.570. The first kappa shape index (κ1) is 14.6. The normalized spacial score (nSPS) is 20.2. The molecule has 1 amide bonds. The second kappa shape index (κ2) is 5.80. The van der Waals surface area contributed by atoms with Crippen LogP contribution in [0.15, 0.2) is 24.3 Å². The maximum absolute atomic E-state index is 12.2. The predicted molar refractivity (Wildman–Crippen MR) is 83.0 cm³/mol. The van der Waals surface area contributed by atoms with Gasteiger partial charge in [-0.25, -0.2) is 0 Å². The number of rotatable bonds is 6. The lowest BCUT2D eigenvalue weighted by atomic mass is 9.88. The van der Waals surface area contributed by atoms with Crippen LogP contribution < -0.4 is 0 Å². The van der Waals surface area contributed by atoms with Crippen LogP contribution in [0, 0.1) is 5.92 Å². The summed E-state index contributed by atoms with van der Waals surface area (Å²) >= 11 is 0. The van der Waals surface area contributed by atoms with Crippen molar-refractivity contribution in [3.05, 3.63) is 35.4 Å². The van der Waals surface area contributed by atoms with Gasteiger partial charge >= 0.3 is 0 Å². The van der Waals surface area contributed by atoms with Gasteiger partial charge in [0.2, 0.25) is 5.91 Å². The predicted octanol–water partition coefficient (Wildman–Crippen LogP) is 2.56. The van der Waals surface area contributed by atoms with Crippen LogP contribution in [0.5, 0.6) is 0 Å². The molecule has 21 heavy (non-hydrogen) atoms. The fraction of sp³-hybridized carbons (Fsp3) is 0.611. The van der Waals surface area contributed by atoms with E-state index in [0.717, 1.165) is 24.8 Å². The van der Waals surface area contributed by atoms with Gasteiger partial charge in [-0.2, -0.15) is 0 Å². The topological polar surface area (TPSA) is 40.5 Å². The van der Waals surface area contributed by atoms with Crippen LogP contribution in [-0.4, -0.2) is 34.6 Å². The summed E-state index contributed by atoms with van der Waals surface area (Å²) in [6.45, 7) is 3.26. The molecule has 114 valence electrons. The number of β-amino-alcohol motifs (C(OH)–C–C–N with tert-alkyl or cyclic N) is 1. The van der Waals surface area contributed by atoms with Gasteiger partial charge in [0.25, 0.3) is 0 Å². The molecule has 0 bridgehead atoms. The lowest BCUT2D eigenvalue weighted by molar-refractivity contribution is -0.158. The van der Waals surface area contributed by atoms with Gasteiger partial charge < -0.3 is 10.0 Å². The molecule has 1 aliphatic carbocycles. The Morgan fingerprint density at radius 2 is 1.86 bits per heavy atom. The molecule has 0 radical (unpaired) electrons. The minimum Gasteiger partial charge on any atom is -0.386 e. The standard InChI is InChI=1S/C18H25NO2/c1-2-3-4-14-5-7-15(8-6-14)11-17(20)19-12-18(21,13-19)16-9-10-16/h5-8,16,21H,2-4,9-13H2,1H3. The lowest BCUT2D eigenvalue weighted by Crippen LogP contribution is -2.65. The molecule has 2 fully saturated rings. The number of carbonyl (C=O) groups is 1. The SMILES string of the molecule is CCCCc1ccc(CC(=O)N2CC(O)(C3CC3)C2)cc1. The molecule has 3 rings (SSSR count). The summed E-state index contributed by atoms with van der Waals surface area (Å²) in [6.07, 6.45) is 6.24. The molecule has 3 nitrogen and oxygen atoms in total. The molecule has 2 aliphatic rings. The van der Waals surface area contributed by atoms with Gasteiger partial charge in [0.05, 0.1) is 19.5 Å². The third-order valence-corrected chi connectivity index (χ3v) is 4.82. The highest BCUT2D eigenvalue weighted by Gasteiger charge is 2.53. The number of hydrogen-bond donors (Lipinski definition) is 1. The number of likely N-dealkylation sites (tertiary alicyclic amines) is 1. The highest BCUT2D eigenvalue weighted by Crippen LogP contribution is 2.44. The van der Waals surface area contributed by atoms with Gasteiger partial charge in [-0.1, -0.05) is 37.6 Å². The molecule has 1 saturated carbocycles. The van der Waals surface area contributed by atoms with Gasteiger partial charge in [-0.05, 0) is 42.7 Å². The zero-order valence-corrected chi connectivity index (χ0v) is 12.8. The Kier molecular flexibility index (Phi) is 4.03. The van der Waals surface area contributed by atoms with Gasteiger partial charge in [-0.15, -0.1) is 0 Å². The molecule has 3 heteroatoms. The first-order chi connectivity index (χ1) is 10.1. The molecule has 1 aliphatic heterocycles. The first-order valence-electron chi connectivity index (χ1n) is 8.19. The molecule has 1 saturated heterocycles. The lowest BCUT2D eigenvalue weighted by Gasteiger charge is -2.47. The number of hydrogen-bond acceptors (Lipinski definition) is 2. The Balaban J connectivity index is 1.49. The largest absolute Gasteiger partial charge is 0.386 e. The van der Waals surface area contributed by atoms with Crippen molar-refractivity contribution in [3.8, 4) is 0 Å². The molecule has 0 spiro atoms. The fourth-order valence-electron chi connectivity index (χ4n) is 3.16. The van der Waals surface area contributed by atoms with E-state index in [0.29, 0.717) is 25.4 Å². The van der Waals surface area contributed by atoms with Crippen LogP contribution in [-0.2, 0) is 17.6 Å². The van der Waals surface area contributed by atoms with Gasteiger partial charge in [0, 0.05) is 0 Å². The smallest absolute Gasteiger partial charge is 0.227 e. The van der Waals surface area contributed by atoms with Crippen molar-refractivity contribution in [1.29, 1.82) is 0 Å². The zero-order valence-electron chi connectivity index (χ0n) is 12.8. The summed E-state index contributed by atoms with van der Waals surface area (Å²) in [6, 6.07) is 8.40. The van der Waals surface area contributed by atoms with Crippen LogP contribution >= 0.6 is 0 Å². The van der Waals surface area contributed by atoms with Crippen LogP contribution in [0.4, 0.5) is 0 Å². The molecule has 0 unspecified atom stereocenters. The summed E-state index contributed by atoms with van der Waals surface area (Å²) < 4.78 is 0. The van der Waals surface area contributed by atoms with Crippen molar-refractivity contribution < 1.29 is 9.90 Å². The van der Waals surface area contributed by atoms with Crippen LogP contribution in [0.2, 0.25) is 0 Å². The van der Waals surface area contributed by atoms with Gasteiger partial charge in [-0.3, -0.25) is 4.79 Å². The minimum absolute atomic E-state index is 0.140. The Morgan fingerprint density at radius 1 is 1.24 bits per heavy atom. The molecule has 1 aromatic carbocycles. The third kappa shape index (κ3) is 3.29. The number of amides is 1. The van der Waals surface area contributed by atoms with Crippen molar-refractivity contribution in [3.63, 3.8) is 0 Å². The molecule has 0 aromatic heterocycles. The highest BCUT2D eigenvalue weighted by atomic mass is 16.3. The van der Waals surface area contributed by atoms with Crippen molar-refractivity contribution in [2.45, 2.75) is 51.0 Å². The Labute approximate surface area is 127 Å². The molecular weight excluding hydrogens is 262 g/mol. The maximum atomic E-state index is 12.2. The average molecular weight is 287 g/mol. The van der Waals surface area contributed by atoms with Crippen LogP contribution in [0.3, 0.4) is 0 Å². The van der Waals surface area contributed by atoms with Crippen molar-refractivity contribution in [2.75, 3.05) is 13.1 Å². The van der Waals surface area contributed by atoms with E-state index in [1.54, 1.807) is 4.90 Å². The Hall–Kier alpha value is -1.35. The summed E-state index contributed by atoms with van der Waals surface area (Å²) in [5.74, 6) is 0.584. The number of aliphatic hydroxyl groups is 1.